The smallest absolute Gasteiger partial charge is 0.374 e. The van der Waals surface area contributed by atoms with Crippen molar-refractivity contribution in [2.45, 2.75) is 20.5 Å². The van der Waals surface area contributed by atoms with E-state index in [1.807, 2.05) is 31.2 Å². The Labute approximate surface area is 111 Å². The molecule has 1 heterocycles. The number of carbonyl (C=O) groups excluding carboxylic acids is 1. The molecule has 0 saturated heterocycles. The summed E-state index contributed by atoms with van der Waals surface area (Å²) in [6.07, 6.45) is 0. The van der Waals surface area contributed by atoms with Gasteiger partial charge < -0.3 is 13.9 Å². The first-order valence-corrected chi connectivity index (χ1v) is 6.15. The van der Waals surface area contributed by atoms with Gasteiger partial charge in [-0.25, -0.2) is 4.79 Å². The first kappa shape index (κ1) is 13.2. The van der Waals surface area contributed by atoms with Gasteiger partial charge in [-0.2, -0.15) is 0 Å². The second-order valence-corrected chi connectivity index (χ2v) is 4.04. The lowest BCUT2D eigenvalue weighted by Gasteiger charge is -2.06. The van der Waals surface area contributed by atoms with Gasteiger partial charge in [0.05, 0.1) is 6.61 Å². The zero-order valence-corrected chi connectivity index (χ0v) is 11.0. The molecule has 0 atom stereocenters. The van der Waals surface area contributed by atoms with Gasteiger partial charge in [-0.1, -0.05) is 18.2 Å². The van der Waals surface area contributed by atoms with Gasteiger partial charge in [-0.15, -0.1) is 0 Å². The van der Waals surface area contributed by atoms with E-state index in [1.54, 1.807) is 19.1 Å². The molecule has 0 saturated carbocycles. The Balaban J connectivity index is 1.97. The van der Waals surface area contributed by atoms with Crippen LogP contribution in [0.1, 0.15) is 28.8 Å². The van der Waals surface area contributed by atoms with Crippen LogP contribution >= 0.6 is 0 Å². The van der Waals surface area contributed by atoms with E-state index in [2.05, 4.69) is 0 Å². The van der Waals surface area contributed by atoms with Crippen molar-refractivity contribution in [1.82, 2.24) is 0 Å². The number of benzene rings is 1. The number of hydrogen-bond donors (Lipinski definition) is 0. The Morgan fingerprint density at radius 2 is 2.00 bits per heavy atom. The van der Waals surface area contributed by atoms with E-state index in [4.69, 9.17) is 13.9 Å². The summed E-state index contributed by atoms with van der Waals surface area (Å²) in [7, 11) is 0. The molecule has 0 bridgehead atoms. The van der Waals surface area contributed by atoms with Crippen molar-refractivity contribution < 1.29 is 18.7 Å². The fourth-order valence-electron chi connectivity index (χ4n) is 1.63. The molecule has 4 nitrogen and oxygen atoms in total. The van der Waals surface area contributed by atoms with Crippen molar-refractivity contribution in [3.63, 3.8) is 0 Å². The molecule has 100 valence electrons. The maximum atomic E-state index is 11.4. The topological polar surface area (TPSA) is 48.7 Å². The van der Waals surface area contributed by atoms with E-state index in [1.165, 1.54) is 0 Å². The summed E-state index contributed by atoms with van der Waals surface area (Å²) in [5.41, 5.74) is 1.06. The van der Waals surface area contributed by atoms with Gasteiger partial charge >= 0.3 is 5.97 Å². The van der Waals surface area contributed by atoms with Gasteiger partial charge in [0.1, 0.15) is 18.1 Å². The maximum absolute atomic E-state index is 11.4. The summed E-state index contributed by atoms with van der Waals surface area (Å²) < 4.78 is 15.8. The largest absolute Gasteiger partial charge is 0.485 e. The standard InChI is InChI=1S/C15H16O4/c1-3-17-15(16)14-9-8-12(19-14)10-18-13-7-5-4-6-11(13)2/h4-9H,3,10H2,1-2H3. The van der Waals surface area contributed by atoms with Crippen molar-refractivity contribution in [3.8, 4) is 5.75 Å². The second-order valence-electron chi connectivity index (χ2n) is 4.04. The minimum absolute atomic E-state index is 0.199. The van der Waals surface area contributed by atoms with Crippen molar-refractivity contribution in [2.24, 2.45) is 0 Å². The van der Waals surface area contributed by atoms with E-state index in [0.717, 1.165) is 11.3 Å². The van der Waals surface area contributed by atoms with Gasteiger partial charge in [-0.05, 0) is 37.6 Å². The fraction of sp³-hybridized carbons (Fsp3) is 0.267. The molecule has 2 rings (SSSR count). The first-order chi connectivity index (χ1) is 9.20. The van der Waals surface area contributed by atoms with E-state index in [0.29, 0.717) is 12.4 Å². The average molecular weight is 260 g/mol. The summed E-state index contributed by atoms with van der Waals surface area (Å²) in [4.78, 5) is 11.4. The predicted molar refractivity (Wildman–Crippen MR) is 70.2 cm³/mol. The Morgan fingerprint density at radius 1 is 1.21 bits per heavy atom. The highest BCUT2D eigenvalue weighted by atomic mass is 16.5. The summed E-state index contributed by atoms with van der Waals surface area (Å²) in [6, 6.07) is 11.0. The summed E-state index contributed by atoms with van der Waals surface area (Å²) >= 11 is 0. The van der Waals surface area contributed by atoms with Crippen LogP contribution in [0.2, 0.25) is 0 Å². The number of furan rings is 1. The van der Waals surface area contributed by atoms with E-state index < -0.39 is 5.97 Å². The molecule has 1 aromatic carbocycles. The minimum atomic E-state index is -0.454. The molecule has 0 aliphatic rings. The van der Waals surface area contributed by atoms with Crippen LogP contribution in [-0.2, 0) is 11.3 Å². The molecule has 0 aliphatic heterocycles. The highest BCUT2D eigenvalue weighted by molar-refractivity contribution is 5.86. The third-order valence-corrected chi connectivity index (χ3v) is 2.60. The zero-order valence-electron chi connectivity index (χ0n) is 11.0. The number of carbonyl (C=O) groups is 1. The van der Waals surface area contributed by atoms with Crippen molar-refractivity contribution in [2.75, 3.05) is 6.61 Å². The predicted octanol–water partition coefficient (Wildman–Crippen LogP) is 3.34. The number of aryl methyl sites for hydroxylation is 1. The molecule has 19 heavy (non-hydrogen) atoms. The lowest BCUT2D eigenvalue weighted by atomic mass is 10.2. The van der Waals surface area contributed by atoms with Crippen LogP contribution in [0.4, 0.5) is 0 Å². The van der Waals surface area contributed by atoms with Gasteiger partial charge in [0, 0.05) is 0 Å². The Morgan fingerprint density at radius 3 is 2.74 bits per heavy atom. The first-order valence-electron chi connectivity index (χ1n) is 6.15. The van der Waals surface area contributed by atoms with E-state index in [-0.39, 0.29) is 12.4 Å². The van der Waals surface area contributed by atoms with Crippen LogP contribution in [-0.4, -0.2) is 12.6 Å². The number of para-hydroxylation sites is 1. The molecule has 0 unspecified atom stereocenters. The van der Waals surface area contributed by atoms with Crippen LogP contribution in [0, 0.1) is 6.92 Å². The van der Waals surface area contributed by atoms with Crippen molar-refractivity contribution in [3.05, 3.63) is 53.5 Å². The highest BCUT2D eigenvalue weighted by Crippen LogP contribution is 2.18. The third kappa shape index (κ3) is 3.37. The third-order valence-electron chi connectivity index (χ3n) is 2.60. The van der Waals surface area contributed by atoms with Crippen LogP contribution in [0.3, 0.4) is 0 Å². The fourth-order valence-corrected chi connectivity index (χ4v) is 1.63. The molecule has 1 aromatic heterocycles. The molecule has 4 heteroatoms. The number of rotatable bonds is 5. The quantitative estimate of drug-likeness (QED) is 0.773. The van der Waals surface area contributed by atoms with Crippen LogP contribution < -0.4 is 4.74 Å². The minimum Gasteiger partial charge on any atom is -0.485 e. The van der Waals surface area contributed by atoms with Crippen molar-refractivity contribution >= 4 is 5.97 Å². The molecule has 0 amide bonds. The monoisotopic (exact) mass is 260 g/mol. The maximum Gasteiger partial charge on any atom is 0.374 e. The summed E-state index contributed by atoms with van der Waals surface area (Å²) in [6.45, 7) is 4.34. The van der Waals surface area contributed by atoms with Crippen molar-refractivity contribution in [1.29, 1.82) is 0 Å². The summed E-state index contributed by atoms with van der Waals surface area (Å²) in [5, 5.41) is 0. The normalized spacial score (nSPS) is 10.2. The van der Waals surface area contributed by atoms with Crippen LogP contribution in [0.15, 0.2) is 40.8 Å². The van der Waals surface area contributed by atoms with E-state index >= 15 is 0 Å². The second kappa shape index (κ2) is 6.09. The van der Waals surface area contributed by atoms with E-state index in [9.17, 15) is 4.79 Å². The Kier molecular flexibility index (Phi) is 4.23. The lowest BCUT2D eigenvalue weighted by Crippen LogP contribution is -2.02. The van der Waals surface area contributed by atoms with Gasteiger partial charge in [0.15, 0.2) is 0 Å². The van der Waals surface area contributed by atoms with Gasteiger partial charge in [0.2, 0.25) is 5.76 Å². The number of hydrogen-bond acceptors (Lipinski definition) is 4. The lowest BCUT2D eigenvalue weighted by molar-refractivity contribution is 0.0486. The van der Waals surface area contributed by atoms with Crippen LogP contribution in [0.25, 0.3) is 0 Å². The molecule has 0 N–H and O–H groups in total. The molecule has 0 radical (unpaired) electrons. The molecule has 2 aromatic rings. The molecule has 0 fully saturated rings. The van der Waals surface area contributed by atoms with Gasteiger partial charge in [0.25, 0.3) is 0 Å². The Bertz CT molecular complexity index is 557. The van der Waals surface area contributed by atoms with Gasteiger partial charge in [-0.3, -0.25) is 0 Å². The number of ether oxygens (including phenoxy) is 2. The average Bonchev–Trinajstić information content (AvgIpc) is 2.87. The summed E-state index contributed by atoms with van der Waals surface area (Å²) in [5.74, 6) is 1.14. The highest BCUT2D eigenvalue weighted by Gasteiger charge is 2.12. The number of esters is 1. The molecule has 0 spiro atoms. The SMILES string of the molecule is CCOC(=O)c1ccc(COc2ccccc2C)o1. The molecular formula is C15H16O4. The molecule has 0 aliphatic carbocycles. The molecular weight excluding hydrogens is 244 g/mol. The Hall–Kier alpha value is -2.23. The zero-order chi connectivity index (χ0) is 13.7. The van der Waals surface area contributed by atoms with Crippen LogP contribution in [0.5, 0.6) is 5.75 Å².